The molecule has 1 aliphatic rings. The number of rotatable bonds is 5. The highest BCUT2D eigenvalue weighted by atomic mass is 16.3. The average molecular weight is 708 g/mol. The van der Waals surface area contributed by atoms with Crippen molar-refractivity contribution in [3.05, 3.63) is 175 Å². The molecule has 10 aromatic rings. The summed E-state index contributed by atoms with van der Waals surface area (Å²) in [6, 6.07) is 56.6. The van der Waals surface area contributed by atoms with Gasteiger partial charge >= 0.3 is 0 Å². The Morgan fingerprint density at radius 1 is 0.473 bits per heavy atom. The van der Waals surface area contributed by atoms with E-state index in [-0.39, 0.29) is 5.41 Å². The van der Waals surface area contributed by atoms with E-state index in [1.165, 1.54) is 22.3 Å². The molecule has 6 heteroatoms. The van der Waals surface area contributed by atoms with Crippen molar-refractivity contribution in [2.24, 2.45) is 0 Å². The topological polar surface area (TPSA) is 69.6 Å². The SMILES string of the molecule is CC1(C)c2ccccc2-c2ccc(-c3nc4ccccc4n3-c3ccc4oc5cccc(-c6nc(-c7ccccc7)nc(-c7ccccc7)n6)c5c4c3)cc21. The second-order valence-corrected chi connectivity index (χ2v) is 14.7. The van der Waals surface area contributed by atoms with Gasteiger partial charge in [0, 0.05) is 44.1 Å². The Hall–Kier alpha value is -7.18. The van der Waals surface area contributed by atoms with E-state index in [1.54, 1.807) is 0 Å². The van der Waals surface area contributed by atoms with Gasteiger partial charge in [-0.25, -0.2) is 19.9 Å². The first-order chi connectivity index (χ1) is 27.0. The van der Waals surface area contributed by atoms with Crippen molar-refractivity contribution in [1.82, 2.24) is 24.5 Å². The molecule has 0 radical (unpaired) electrons. The Morgan fingerprint density at radius 3 is 1.91 bits per heavy atom. The monoisotopic (exact) mass is 707 g/mol. The van der Waals surface area contributed by atoms with Gasteiger partial charge in [0.15, 0.2) is 17.5 Å². The first-order valence-corrected chi connectivity index (χ1v) is 18.6. The van der Waals surface area contributed by atoms with Crippen LogP contribution in [0.3, 0.4) is 0 Å². The van der Waals surface area contributed by atoms with E-state index in [2.05, 4.69) is 103 Å². The summed E-state index contributed by atoms with van der Waals surface area (Å²) >= 11 is 0. The number of hydrogen-bond acceptors (Lipinski definition) is 5. The van der Waals surface area contributed by atoms with Gasteiger partial charge in [-0.05, 0) is 64.7 Å². The zero-order valence-corrected chi connectivity index (χ0v) is 30.2. The van der Waals surface area contributed by atoms with Crippen LogP contribution in [0.5, 0.6) is 0 Å². The molecule has 3 aromatic heterocycles. The maximum absolute atomic E-state index is 6.53. The molecule has 0 N–H and O–H groups in total. The maximum Gasteiger partial charge on any atom is 0.164 e. The number of imidazole rings is 1. The van der Waals surface area contributed by atoms with E-state index in [4.69, 9.17) is 24.4 Å². The molecule has 0 saturated carbocycles. The fraction of sp³-hybridized carbons (Fsp3) is 0.0612. The number of aromatic nitrogens is 5. The second kappa shape index (κ2) is 11.9. The third-order valence-corrected chi connectivity index (χ3v) is 11.1. The predicted octanol–water partition coefficient (Wildman–Crippen LogP) is 12.1. The number of nitrogens with zero attached hydrogens (tertiary/aromatic N) is 5. The molecule has 0 unspecified atom stereocenters. The van der Waals surface area contributed by atoms with Gasteiger partial charge in [-0.15, -0.1) is 0 Å². The lowest BCUT2D eigenvalue weighted by molar-refractivity contribution is 0.660. The number of para-hydroxylation sites is 2. The van der Waals surface area contributed by atoms with Gasteiger partial charge in [-0.1, -0.05) is 135 Å². The summed E-state index contributed by atoms with van der Waals surface area (Å²) in [7, 11) is 0. The van der Waals surface area contributed by atoms with Crippen LogP contribution in [-0.4, -0.2) is 24.5 Å². The van der Waals surface area contributed by atoms with Gasteiger partial charge in [-0.3, -0.25) is 4.57 Å². The van der Waals surface area contributed by atoms with E-state index >= 15 is 0 Å². The lowest BCUT2D eigenvalue weighted by Crippen LogP contribution is -2.15. The van der Waals surface area contributed by atoms with Crippen LogP contribution in [-0.2, 0) is 5.41 Å². The van der Waals surface area contributed by atoms with Crippen LogP contribution >= 0.6 is 0 Å². The van der Waals surface area contributed by atoms with Crippen molar-refractivity contribution in [3.63, 3.8) is 0 Å². The Kier molecular flexibility index (Phi) is 6.79. The van der Waals surface area contributed by atoms with Crippen LogP contribution in [0.15, 0.2) is 168 Å². The number of fused-ring (bicyclic) bond motifs is 7. The van der Waals surface area contributed by atoms with E-state index in [0.717, 1.165) is 66.7 Å². The first kappa shape index (κ1) is 31.4. The zero-order valence-electron chi connectivity index (χ0n) is 30.2. The molecule has 0 amide bonds. The van der Waals surface area contributed by atoms with Crippen LogP contribution in [0.1, 0.15) is 25.0 Å². The second-order valence-electron chi connectivity index (χ2n) is 14.7. The molecule has 0 atom stereocenters. The van der Waals surface area contributed by atoms with Crippen LogP contribution < -0.4 is 0 Å². The molecule has 7 aromatic carbocycles. The molecule has 3 heterocycles. The van der Waals surface area contributed by atoms with E-state index < -0.39 is 0 Å². The summed E-state index contributed by atoms with van der Waals surface area (Å²) in [5.41, 5.74) is 13.4. The van der Waals surface area contributed by atoms with Crippen molar-refractivity contribution in [2.75, 3.05) is 0 Å². The van der Waals surface area contributed by atoms with Crippen molar-refractivity contribution in [2.45, 2.75) is 19.3 Å². The van der Waals surface area contributed by atoms with Gasteiger partial charge in [0.25, 0.3) is 0 Å². The van der Waals surface area contributed by atoms with Crippen molar-refractivity contribution >= 4 is 33.0 Å². The quantitative estimate of drug-likeness (QED) is 0.178. The number of hydrogen-bond donors (Lipinski definition) is 0. The maximum atomic E-state index is 6.53. The van der Waals surface area contributed by atoms with Crippen molar-refractivity contribution in [3.8, 4) is 62.4 Å². The Labute approximate surface area is 317 Å². The number of benzene rings is 7. The molecule has 0 saturated heterocycles. The Morgan fingerprint density at radius 2 is 1.13 bits per heavy atom. The summed E-state index contributed by atoms with van der Waals surface area (Å²) in [6.45, 7) is 4.64. The lowest BCUT2D eigenvalue weighted by atomic mass is 9.82. The van der Waals surface area contributed by atoms with E-state index in [1.807, 2.05) is 78.9 Å². The summed E-state index contributed by atoms with van der Waals surface area (Å²) in [4.78, 5) is 20.4. The Balaban J connectivity index is 1.12. The van der Waals surface area contributed by atoms with E-state index in [0.29, 0.717) is 17.5 Å². The van der Waals surface area contributed by atoms with Crippen LogP contribution in [0.4, 0.5) is 0 Å². The van der Waals surface area contributed by atoms with Gasteiger partial charge in [0.05, 0.1) is 11.0 Å². The molecule has 55 heavy (non-hydrogen) atoms. The third-order valence-electron chi connectivity index (χ3n) is 11.1. The summed E-state index contributed by atoms with van der Waals surface area (Å²) < 4.78 is 8.80. The van der Waals surface area contributed by atoms with Gasteiger partial charge in [0.1, 0.15) is 17.0 Å². The Bertz CT molecular complexity index is 3070. The standard InChI is InChI=1S/C49H33N5O/c1-49(2)38-20-10-9-18-34(38)35-26-24-32(28-39(35)49)48-50-40-21-11-12-22-41(40)54(48)33-25-27-42-37(29-33)44-36(19-13-23-43(44)55-42)47-52-45(30-14-5-3-6-15-30)51-46(53-47)31-16-7-4-8-17-31/h3-29H,1-2H3. The highest BCUT2D eigenvalue weighted by Gasteiger charge is 2.35. The molecule has 260 valence electrons. The normalized spacial score (nSPS) is 13.1. The van der Waals surface area contributed by atoms with Crippen molar-refractivity contribution in [1.29, 1.82) is 0 Å². The number of furan rings is 1. The fourth-order valence-corrected chi connectivity index (χ4v) is 8.39. The molecular weight excluding hydrogens is 675 g/mol. The highest BCUT2D eigenvalue weighted by molar-refractivity contribution is 6.12. The van der Waals surface area contributed by atoms with Gasteiger partial charge in [0.2, 0.25) is 0 Å². The average Bonchev–Trinajstić information content (AvgIpc) is 3.89. The minimum atomic E-state index is -0.125. The predicted molar refractivity (Wildman–Crippen MR) is 221 cm³/mol. The molecule has 0 fully saturated rings. The van der Waals surface area contributed by atoms with Gasteiger partial charge in [-0.2, -0.15) is 0 Å². The third kappa shape index (κ3) is 4.88. The molecule has 11 rings (SSSR count). The van der Waals surface area contributed by atoms with Crippen LogP contribution in [0, 0.1) is 0 Å². The minimum Gasteiger partial charge on any atom is -0.456 e. The summed E-state index contributed by atoms with van der Waals surface area (Å²) in [5.74, 6) is 2.71. The van der Waals surface area contributed by atoms with Gasteiger partial charge < -0.3 is 4.42 Å². The largest absolute Gasteiger partial charge is 0.456 e. The molecule has 0 aliphatic heterocycles. The van der Waals surface area contributed by atoms with E-state index in [9.17, 15) is 0 Å². The molecule has 0 spiro atoms. The van der Waals surface area contributed by atoms with Crippen molar-refractivity contribution < 1.29 is 4.42 Å². The first-order valence-electron chi connectivity index (χ1n) is 18.6. The minimum absolute atomic E-state index is 0.125. The lowest BCUT2D eigenvalue weighted by Gasteiger charge is -2.22. The molecular formula is C49H33N5O. The highest BCUT2D eigenvalue weighted by Crippen LogP contribution is 2.50. The molecule has 6 nitrogen and oxygen atoms in total. The molecule has 0 bridgehead atoms. The van der Waals surface area contributed by atoms with Crippen LogP contribution in [0.2, 0.25) is 0 Å². The molecule has 1 aliphatic carbocycles. The zero-order chi connectivity index (χ0) is 36.7. The fourth-order valence-electron chi connectivity index (χ4n) is 8.39. The summed E-state index contributed by atoms with van der Waals surface area (Å²) in [5, 5.41) is 1.92. The summed E-state index contributed by atoms with van der Waals surface area (Å²) in [6.07, 6.45) is 0. The smallest absolute Gasteiger partial charge is 0.164 e. The van der Waals surface area contributed by atoms with Crippen LogP contribution in [0.25, 0.3) is 95.3 Å².